The normalized spacial score (nSPS) is 12.6. The van der Waals surface area contributed by atoms with Crippen LogP contribution in [0.25, 0.3) is 0 Å². The molecule has 0 aliphatic carbocycles. The number of unbranched alkanes of at least 4 members (excludes halogenated alkanes) is 1. The molecule has 0 aliphatic heterocycles. The fourth-order valence-corrected chi connectivity index (χ4v) is 2.16. The first-order valence-electron chi connectivity index (χ1n) is 9.96. The minimum Gasteiger partial charge on any atom is -0.394 e. The lowest BCUT2D eigenvalue weighted by Gasteiger charge is -2.15. The largest absolute Gasteiger partial charge is 0.394 e. The van der Waals surface area contributed by atoms with Crippen LogP contribution in [0.2, 0.25) is 0 Å². The fraction of sp³-hybridized carbons (Fsp3) is 1.00. The lowest BCUT2D eigenvalue weighted by Crippen LogP contribution is -2.17. The Balaban J connectivity index is 3.11. The number of hydrogen-bond donors (Lipinski definition) is 1. The highest BCUT2D eigenvalue weighted by Crippen LogP contribution is 2.08. The molecule has 7 nitrogen and oxygen atoms in total. The van der Waals surface area contributed by atoms with E-state index in [0.29, 0.717) is 78.8 Å². The molecule has 0 aromatic heterocycles. The van der Waals surface area contributed by atoms with E-state index in [4.69, 9.17) is 33.5 Å². The molecule has 0 fully saturated rings. The van der Waals surface area contributed by atoms with Crippen LogP contribution >= 0.6 is 0 Å². The second kappa shape index (κ2) is 22.8. The van der Waals surface area contributed by atoms with Crippen molar-refractivity contribution in [3.63, 3.8) is 0 Å². The first-order valence-corrected chi connectivity index (χ1v) is 9.96. The van der Waals surface area contributed by atoms with Gasteiger partial charge in [-0.1, -0.05) is 26.7 Å². The van der Waals surface area contributed by atoms with Crippen LogP contribution in [0.15, 0.2) is 0 Å². The molecule has 0 aromatic rings. The van der Waals surface area contributed by atoms with Gasteiger partial charge in [0.1, 0.15) is 0 Å². The molecule has 0 saturated carbocycles. The summed E-state index contributed by atoms with van der Waals surface area (Å²) in [4.78, 5) is 0. The number of rotatable bonds is 22. The molecular formula is C19H40O7. The van der Waals surface area contributed by atoms with E-state index in [1.54, 1.807) is 0 Å². The summed E-state index contributed by atoms with van der Waals surface area (Å²) < 4.78 is 32.5. The smallest absolute Gasteiger partial charge is 0.0704 e. The molecule has 1 atom stereocenters. The van der Waals surface area contributed by atoms with E-state index in [2.05, 4.69) is 13.8 Å². The van der Waals surface area contributed by atoms with Crippen molar-refractivity contribution in [3.05, 3.63) is 0 Å². The zero-order valence-electron chi connectivity index (χ0n) is 16.8. The van der Waals surface area contributed by atoms with E-state index in [-0.39, 0.29) is 6.61 Å². The van der Waals surface area contributed by atoms with Gasteiger partial charge in [-0.05, 0) is 12.8 Å². The van der Waals surface area contributed by atoms with Gasteiger partial charge in [0, 0.05) is 0 Å². The molecule has 26 heavy (non-hydrogen) atoms. The molecule has 0 aliphatic rings. The summed E-state index contributed by atoms with van der Waals surface area (Å²) in [5.41, 5.74) is 0. The lowest BCUT2D eigenvalue weighted by molar-refractivity contribution is -0.0276. The van der Waals surface area contributed by atoms with E-state index in [1.165, 1.54) is 12.8 Å². The van der Waals surface area contributed by atoms with Gasteiger partial charge in [0.2, 0.25) is 0 Å². The van der Waals surface area contributed by atoms with E-state index in [9.17, 15) is 0 Å². The topological polar surface area (TPSA) is 75.6 Å². The Morgan fingerprint density at radius 2 is 1.04 bits per heavy atom. The van der Waals surface area contributed by atoms with E-state index in [1.807, 2.05) is 0 Å². The molecule has 0 amide bonds. The lowest BCUT2D eigenvalue weighted by atomic mass is 10.1. The molecule has 0 radical (unpaired) electrons. The molecular weight excluding hydrogens is 340 g/mol. The minimum absolute atomic E-state index is 0.0420. The second-order valence-electron chi connectivity index (χ2n) is 5.83. The number of aliphatic hydroxyl groups excluding tert-OH is 1. The molecule has 7 heteroatoms. The highest BCUT2D eigenvalue weighted by Gasteiger charge is 2.05. The maximum Gasteiger partial charge on any atom is 0.0704 e. The van der Waals surface area contributed by atoms with Crippen molar-refractivity contribution in [3.8, 4) is 0 Å². The van der Waals surface area contributed by atoms with E-state index < -0.39 is 0 Å². The molecule has 0 bridgehead atoms. The zero-order chi connectivity index (χ0) is 19.1. The van der Waals surface area contributed by atoms with Crippen LogP contribution in [0.4, 0.5) is 0 Å². The predicted molar refractivity (Wildman–Crippen MR) is 101 cm³/mol. The third-order valence-corrected chi connectivity index (χ3v) is 3.64. The number of hydrogen-bond acceptors (Lipinski definition) is 7. The van der Waals surface area contributed by atoms with Gasteiger partial charge in [-0.25, -0.2) is 0 Å². The average Bonchev–Trinajstić information content (AvgIpc) is 2.66. The number of aliphatic hydroxyl groups is 1. The highest BCUT2D eigenvalue weighted by atomic mass is 16.6. The standard InChI is InChI=1S/C19H40O7/c1-3-5-6-19(4-2)26-18-17-25-16-15-24-14-13-23-12-11-22-10-9-21-8-7-20/h19-20H,3-18H2,1-2H3. The van der Waals surface area contributed by atoms with Gasteiger partial charge in [0.25, 0.3) is 0 Å². The Bertz CT molecular complexity index is 254. The van der Waals surface area contributed by atoms with Crippen molar-refractivity contribution >= 4 is 0 Å². The van der Waals surface area contributed by atoms with Crippen LogP contribution < -0.4 is 0 Å². The summed E-state index contributed by atoms with van der Waals surface area (Å²) in [7, 11) is 0. The van der Waals surface area contributed by atoms with E-state index in [0.717, 1.165) is 12.8 Å². The Morgan fingerprint density at radius 1 is 0.615 bits per heavy atom. The monoisotopic (exact) mass is 380 g/mol. The zero-order valence-corrected chi connectivity index (χ0v) is 16.8. The third kappa shape index (κ3) is 20.0. The quantitative estimate of drug-likeness (QED) is 0.288. The summed E-state index contributed by atoms with van der Waals surface area (Å²) in [5, 5.41) is 8.53. The number of ether oxygens (including phenoxy) is 6. The maximum absolute atomic E-state index is 8.53. The molecule has 0 rings (SSSR count). The van der Waals surface area contributed by atoms with E-state index >= 15 is 0 Å². The van der Waals surface area contributed by atoms with Crippen molar-refractivity contribution in [2.24, 2.45) is 0 Å². The van der Waals surface area contributed by atoms with Crippen molar-refractivity contribution < 1.29 is 33.5 Å². The van der Waals surface area contributed by atoms with Gasteiger partial charge in [-0.15, -0.1) is 0 Å². The Morgan fingerprint density at radius 3 is 1.42 bits per heavy atom. The highest BCUT2D eigenvalue weighted by molar-refractivity contribution is 4.54. The van der Waals surface area contributed by atoms with Crippen LogP contribution in [0.3, 0.4) is 0 Å². The van der Waals surface area contributed by atoms with Gasteiger partial charge in [-0.2, -0.15) is 0 Å². The predicted octanol–water partition coefficient (Wildman–Crippen LogP) is 2.05. The van der Waals surface area contributed by atoms with Gasteiger partial charge in [-0.3, -0.25) is 0 Å². The molecule has 1 N–H and O–H groups in total. The molecule has 0 spiro atoms. The fourth-order valence-electron chi connectivity index (χ4n) is 2.16. The van der Waals surface area contributed by atoms with Crippen LogP contribution in [-0.2, 0) is 28.4 Å². The summed E-state index contributed by atoms with van der Waals surface area (Å²) in [6.45, 7) is 10.3. The van der Waals surface area contributed by atoms with Crippen molar-refractivity contribution in [2.75, 3.05) is 79.3 Å². The molecule has 158 valence electrons. The first-order chi connectivity index (χ1) is 12.8. The Kier molecular flexibility index (Phi) is 22.5. The third-order valence-electron chi connectivity index (χ3n) is 3.64. The average molecular weight is 381 g/mol. The minimum atomic E-state index is 0.0420. The SMILES string of the molecule is CCCCC(CC)OCCOCCOCCOCCOCCOCCO. The van der Waals surface area contributed by atoms with Crippen LogP contribution in [0, 0.1) is 0 Å². The summed E-state index contributed by atoms with van der Waals surface area (Å²) >= 11 is 0. The van der Waals surface area contributed by atoms with Gasteiger partial charge in [0.15, 0.2) is 0 Å². The first kappa shape index (κ1) is 25.7. The van der Waals surface area contributed by atoms with Crippen LogP contribution in [0.1, 0.15) is 39.5 Å². The second-order valence-corrected chi connectivity index (χ2v) is 5.83. The van der Waals surface area contributed by atoms with Crippen molar-refractivity contribution in [1.29, 1.82) is 0 Å². The molecule has 1 unspecified atom stereocenters. The van der Waals surface area contributed by atoms with Crippen molar-refractivity contribution in [2.45, 2.75) is 45.6 Å². The van der Waals surface area contributed by atoms with Crippen LogP contribution in [0.5, 0.6) is 0 Å². The molecule has 0 saturated heterocycles. The van der Waals surface area contributed by atoms with Crippen molar-refractivity contribution in [1.82, 2.24) is 0 Å². The van der Waals surface area contributed by atoms with Crippen LogP contribution in [-0.4, -0.2) is 90.5 Å². The molecule has 0 aromatic carbocycles. The molecule has 0 heterocycles. The summed E-state index contributed by atoms with van der Waals surface area (Å²) in [6, 6.07) is 0. The van der Waals surface area contributed by atoms with Gasteiger partial charge in [0.05, 0.1) is 85.4 Å². The maximum atomic E-state index is 8.53. The Labute approximate surface area is 159 Å². The Hall–Kier alpha value is -0.280. The van der Waals surface area contributed by atoms with Gasteiger partial charge >= 0.3 is 0 Å². The summed E-state index contributed by atoms with van der Waals surface area (Å²) in [5.74, 6) is 0. The van der Waals surface area contributed by atoms with Gasteiger partial charge < -0.3 is 33.5 Å². The summed E-state index contributed by atoms with van der Waals surface area (Å²) in [6.07, 6.45) is 5.00.